The minimum Gasteiger partial charge on any atom is -0.352 e. The molecule has 0 saturated heterocycles. The number of fused-ring (bicyclic) bond motifs is 1. The van der Waals surface area contributed by atoms with Gasteiger partial charge < -0.3 is 10.6 Å². The van der Waals surface area contributed by atoms with Crippen LogP contribution < -0.4 is 10.6 Å². The van der Waals surface area contributed by atoms with Crippen molar-refractivity contribution >= 4 is 16.8 Å². The average Bonchev–Trinajstić information content (AvgIpc) is 2.50. The normalized spacial score (nSPS) is 11.0. The van der Waals surface area contributed by atoms with Crippen LogP contribution in [0.4, 0.5) is 0 Å². The van der Waals surface area contributed by atoms with Crippen LogP contribution in [0.3, 0.4) is 0 Å². The highest BCUT2D eigenvalue weighted by Crippen LogP contribution is 2.22. The molecule has 1 amide bonds. The highest BCUT2D eigenvalue weighted by atomic mass is 16.1. The van der Waals surface area contributed by atoms with E-state index in [1.165, 1.54) is 0 Å². The van der Waals surface area contributed by atoms with Gasteiger partial charge in [0.15, 0.2) is 0 Å². The summed E-state index contributed by atoms with van der Waals surface area (Å²) in [5.41, 5.74) is 2.55. The number of nitrogens with one attached hydrogen (secondary N) is 2. The highest BCUT2D eigenvalue weighted by Gasteiger charge is 2.13. The first-order valence-corrected chi connectivity index (χ1v) is 7.46. The van der Waals surface area contributed by atoms with E-state index in [2.05, 4.69) is 29.5 Å². The Morgan fingerprint density at radius 1 is 1.24 bits per heavy atom. The second kappa shape index (κ2) is 7.18. The van der Waals surface area contributed by atoms with Gasteiger partial charge in [0.1, 0.15) is 0 Å². The molecule has 4 heteroatoms. The third-order valence-electron chi connectivity index (χ3n) is 3.46. The van der Waals surface area contributed by atoms with Gasteiger partial charge in [-0.05, 0) is 38.1 Å². The Bertz CT molecular complexity index is 622. The molecule has 112 valence electrons. The fourth-order valence-electron chi connectivity index (χ4n) is 2.24. The van der Waals surface area contributed by atoms with Crippen molar-refractivity contribution in [1.82, 2.24) is 15.6 Å². The van der Waals surface area contributed by atoms with Crippen molar-refractivity contribution in [1.29, 1.82) is 0 Å². The zero-order valence-corrected chi connectivity index (χ0v) is 12.9. The van der Waals surface area contributed by atoms with Crippen LogP contribution in [0.1, 0.15) is 42.2 Å². The molecular weight excluding hydrogens is 262 g/mol. The maximum absolute atomic E-state index is 12.4. The Hall–Kier alpha value is -1.94. The van der Waals surface area contributed by atoms with Crippen LogP contribution in [-0.2, 0) is 0 Å². The van der Waals surface area contributed by atoms with Gasteiger partial charge in [-0.15, -0.1) is 0 Å². The topological polar surface area (TPSA) is 54.0 Å². The summed E-state index contributed by atoms with van der Waals surface area (Å²) in [6, 6.07) is 9.72. The van der Waals surface area contributed by atoms with Crippen LogP contribution in [-0.4, -0.2) is 31.0 Å². The Morgan fingerprint density at radius 3 is 2.71 bits per heavy atom. The van der Waals surface area contributed by atoms with Crippen molar-refractivity contribution in [2.45, 2.75) is 26.2 Å². The van der Waals surface area contributed by atoms with E-state index in [4.69, 9.17) is 0 Å². The first-order chi connectivity index (χ1) is 10.1. The highest BCUT2D eigenvalue weighted by molar-refractivity contribution is 6.06. The van der Waals surface area contributed by atoms with Crippen LogP contribution in [0.25, 0.3) is 10.9 Å². The number of aromatic nitrogens is 1. The molecular formula is C17H23N3O. The number of benzene rings is 1. The smallest absolute Gasteiger partial charge is 0.252 e. The van der Waals surface area contributed by atoms with Crippen molar-refractivity contribution in [2.75, 3.05) is 20.1 Å². The summed E-state index contributed by atoms with van der Waals surface area (Å²) in [5.74, 6) is 0.275. The number of para-hydroxylation sites is 1. The molecule has 2 aromatic rings. The molecule has 21 heavy (non-hydrogen) atoms. The molecule has 0 bridgehead atoms. The molecule has 0 spiro atoms. The number of nitrogens with zero attached hydrogens (tertiary/aromatic N) is 1. The largest absolute Gasteiger partial charge is 0.352 e. The van der Waals surface area contributed by atoms with Crippen molar-refractivity contribution in [3.63, 3.8) is 0 Å². The Kier molecular flexibility index (Phi) is 5.28. The molecule has 1 aromatic carbocycles. The van der Waals surface area contributed by atoms with Crippen LogP contribution in [0, 0.1) is 0 Å². The lowest BCUT2D eigenvalue weighted by Gasteiger charge is -2.12. The number of hydrogen-bond acceptors (Lipinski definition) is 3. The zero-order chi connectivity index (χ0) is 15.2. The summed E-state index contributed by atoms with van der Waals surface area (Å²) in [6.07, 6.45) is 0.919. The minimum absolute atomic E-state index is 0.0217. The lowest BCUT2D eigenvalue weighted by Crippen LogP contribution is -2.27. The van der Waals surface area contributed by atoms with Gasteiger partial charge in [-0.2, -0.15) is 0 Å². The van der Waals surface area contributed by atoms with Crippen LogP contribution in [0.2, 0.25) is 0 Å². The van der Waals surface area contributed by atoms with Gasteiger partial charge in [-0.1, -0.05) is 32.0 Å². The fraction of sp³-hybridized carbons (Fsp3) is 0.412. The van der Waals surface area contributed by atoms with Gasteiger partial charge in [-0.3, -0.25) is 9.78 Å². The number of carbonyl (C=O) groups is 1. The van der Waals surface area contributed by atoms with E-state index in [-0.39, 0.29) is 5.91 Å². The molecule has 0 radical (unpaired) electrons. The molecule has 0 saturated carbocycles. The predicted octanol–water partition coefficient (Wildman–Crippen LogP) is 2.70. The van der Waals surface area contributed by atoms with E-state index in [1.54, 1.807) is 0 Å². The van der Waals surface area contributed by atoms with Gasteiger partial charge >= 0.3 is 0 Å². The number of pyridine rings is 1. The number of carbonyl (C=O) groups excluding carboxylic acids is 1. The molecule has 0 fully saturated rings. The third-order valence-corrected chi connectivity index (χ3v) is 3.46. The second-order valence-electron chi connectivity index (χ2n) is 5.48. The second-order valence-corrected chi connectivity index (χ2v) is 5.48. The van der Waals surface area contributed by atoms with E-state index in [1.807, 2.05) is 37.4 Å². The molecule has 0 aliphatic carbocycles. The lowest BCUT2D eigenvalue weighted by atomic mass is 10.0. The lowest BCUT2D eigenvalue weighted by molar-refractivity contribution is 0.0955. The van der Waals surface area contributed by atoms with E-state index in [9.17, 15) is 4.79 Å². The molecule has 1 heterocycles. The van der Waals surface area contributed by atoms with E-state index >= 15 is 0 Å². The fourth-order valence-corrected chi connectivity index (χ4v) is 2.24. The third kappa shape index (κ3) is 3.79. The molecule has 2 rings (SSSR count). The van der Waals surface area contributed by atoms with Gasteiger partial charge in [0.25, 0.3) is 5.91 Å². The molecule has 0 aliphatic heterocycles. The predicted molar refractivity (Wildman–Crippen MR) is 86.7 cm³/mol. The summed E-state index contributed by atoms with van der Waals surface area (Å²) in [6.45, 7) is 5.75. The SMILES string of the molecule is CNCCCNC(=O)c1cc(C(C)C)nc2ccccc12. The van der Waals surface area contributed by atoms with Gasteiger partial charge in [-0.25, -0.2) is 0 Å². The number of rotatable bonds is 6. The van der Waals surface area contributed by atoms with Crippen molar-refractivity contribution in [2.24, 2.45) is 0 Å². The van der Waals surface area contributed by atoms with Gasteiger partial charge in [0.05, 0.1) is 11.1 Å². The summed E-state index contributed by atoms with van der Waals surface area (Å²) >= 11 is 0. The summed E-state index contributed by atoms with van der Waals surface area (Å²) < 4.78 is 0. The standard InChI is InChI=1S/C17H23N3O/c1-12(2)16-11-14(17(21)19-10-6-9-18-3)13-7-4-5-8-15(13)20-16/h4-5,7-8,11-12,18H,6,9-10H2,1-3H3,(H,19,21). The average molecular weight is 285 g/mol. The van der Waals surface area contributed by atoms with Crippen molar-refractivity contribution < 1.29 is 4.79 Å². The Morgan fingerprint density at radius 2 is 2.00 bits per heavy atom. The maximum atomic E-state index is 12.4. The summed E-state index contributed by atoms with van der Waals surface area (Å²) in [5, 5.41) is 6.97. The van der Waals surface area contributed by atoms with Crippen LogP contribution in [0.5, 0.6) is 0 Å². The maximum Gasteiger partial charge on any atom is 0.252 e. The van der Waals surface area contributed by atoms with E-state index < -0.39 is 0 Å². The first-order valence-electron chi connectivity index (χ1n) is 7.46. The quantitative estimate of drug-likeness (QED) is 0.802. The Balaban J connectivity index is 2.30. The van der Waals surface area contributed by atoms with E-state index in [0.717, 1.165) is 29.6 Å². The van der Waals surface area contributed by atoms with Gasteiger partial charge in [0.2, 0.25) is 0 Å². The summed E-state index contributed by atoms with van der Waals surface area (Å²) in [7, 11) is 1.91. The molecule has 0 atom stereocenters. The molecule has 0 aliphatic rings. The monoisotopic (exact) mass is 285 g/mol. The van der Waals surface area contributed by atoms with Crippen LogP contribution in [0.15, 0.2) is 30.3 Å². The van der Waals surface area contributed by atoms with Crippen LogP contribution >= 0.6 is 0 Å². The Labute approximate surface area is 126 Å². The van der Waals surface area contributed by atoms with Gasteiger partial charge in [0, 0.05) is 17.6 Å². The zero-order valence-electron chi connectivity index (χ0n) is 12.9. The molecule has 2 N–H and O–H groups in total. The molecule has 0 unspecified atom stereocenters. The number of amides is 1. The summed E-state index contributed by atoms with van der Waals surface area (Å²) in [4.78, 5) is 17.1. The van der Waals surface area contributed by atoms with Crippen molar-refractivity contribution in [3.05, 3.63) is 41.6 Å². The first kappa shape index (κ1) is 15.4. The van der Waals surface area contributed by atoms with Crippen molar-refractivity contribution in [3.8, 4) is 0 Å². The molecule has 1 aromatic heterocycles. The minimum atomic E-state index is -0.0217. The molecule has 4 nitrogen and oxygen atoms in total. The van der Waals surface area contributed by atoms with E-state index in [0.29, 0.717) is 18.0 Å². The number of hydrogen-bond donors (Lipinski definition) is 2.